The third kappa shape index (κ3) is 3.72. The molecular weight excluding hydrogens is 390 g/mol. The highest BCUT2D eigenvalue weighted by atomic mass is 32.2. The van der Waals surface area contributed by atoms with Crippen molar-refractivity contribution in [1.82, 2.24) is 0 Å². The molecule has 0 aliphatic heterocycles. The number of nitriles is 1. The van der Waals surface area contributed by atoms with E-state index < -0.39 is 5.60 Å². The van der Waals surface area contributed by atoms with Crippen molar-refractivity contribution in [2.45, 2.75) is 26.4 Å². The Morgan fingerprint density at radius 3 is 2.43 bits per heavy atom. The number of hydrogen-bond donors (Lipinski definition) is 0. The van der Waals surface area contributed by atoms with E-state index in [9.17, 15) is 4.79 Å². The Bertz CT molecular complexity index is 1280. The SMILES string of the molecule is Cc1cc2ccccc2[s+]1-c1cccc(C(=O)OC(C)(C)c2ccc(C#N)cc2)c1. The summed E-state index contributed by atoms with van der Waals surface area (Å²) in [6, 6.07) is 27.6. The molecule has 0 radical (unpaired) electrons. The summed E-state index contributed by atoms with van der Waals surface area (Å²) in [4.78, 5) is 15.4. The van der Waals surface area contributed by atoms with Crippen LogP contribution in [-0.2, 0) is 10.3 Å². The molecule has 4 aromatic rings. The molecule has 0 saturated heterocycles. The zero-order valence-corrected chi connectivity index (χ0v) is 18.0. The minimum atomic E-state index is -0.806. The standard InChI is InChI=1S/C26H22NO2S/c1-18-15-20-7-4-5-10-24(20)30(18)23-9-6-8-21(16-23)25(28)29-26(2,3)22-13-11-19(17-27)12-14-22/h4-16H,1-3H3/q+1. The lowest BCUT2D eigenvalue weighted by Gasteiger charge is -2.25. The van der Waals surface area contributed by atoms with Crippen LogP contribution in [0.1, 0.15) is 40.2 Å². The van der Waals surface area contributed by atoms with Crippen LogP contribution in [0.25, 0.3) is 15.0 Å². The zero-order valence-electron chi connectivity index (χ0n) is 17.2. The fraction of sp³-hybridized carbons (Fsp3) is 0.154. The van der Waals surface area contributed by atoms with Crippen LogP contribution in [0, 0.1) is 18.3 Å². The summed E-state index contributed by atoms with van der Waals surface area (Å²) in [6.45, 7) is 5.86. The predicted octanol–water partition coefficient (Wildman–Crippen LogP) is 6.85. The summed E-state index contributed by atoms with van der Waals surface area (Å²) in [5, 5.41) is 10.2. The van der Waals surface area contributed by atoms with Gasteiger partial charge in [-0.3, -0.25) is 0 Å². The Morgan fingerprint density at radius 1 is 0.967 bits per heavy atom. The van der Waals surface area contributed by atoms with Gasteiger partial charge in [0.15, 0.2) is 14.5 Å². The average molecular weight is 413 g/mol. The molecule has 0 aliphatic rings. The first kappa shape index (κ1) is 19.9. The van der Waals surface area contributed by atoms with Crippen molar-refractivity contribution >= 4 is 26.5 Å². The van der Waals surface area contributed by atoms with E-state index >= 15 is 0 Å². The van der Waals surface area contributed by atoms with Crippen LogP contribution in [0.5, 0.6) is 0 Å². The summed E-state index contributed by atoms with van der Waals surface area (Å²) in [7, 11) is -0.177. The highest BCUT2D eigenvalue weighted by Crippen LogP contribution is 2.43. The largest absolute Gasteiger partial charge is 0.451 e. The maximum absolute atomic E-state index is 13.0. The van der Waals surface area contributed by atoms with Gasteiger partial charge in [0, 0.05) is 34.9 Å². The Labute approximate surface area is 179 Å². The highest BCUT2D eigenvalue weighted by Gasteiger charge is 2.27. The lowest BCUT2D eigenvalue weighted by atomic mass is 9.97. The Kier molecular flexibility index (Phi) is 5.15. The molecule has 0 spiro atoms. The third-order valence-corrected chi connectivity index (χ3v) is 7.48. The van der Waals surface area contributed by atoms with E-state index in [0.29, 0.717) is 11.1 Å². The van der Waals surface area contributed by atoms with Gasteiger partial charge < -0.3 is 4.74 Å². The zero-order chi connectivity index (χ0) is 21.3. The molecule has 3 nitrogen and oxygen atoms in total. The van der Waals surface area contributed by atoms with Crippen molar-refractivity contribution < 1.29 is 9.53 Å². The van der Waals surface area contributed by atoms with E-state index in [4.69, 9.17) is 10.00 Å². The fourth-order valence-electron chi connectivity index (χ4n) is 3.60. The van der Waals surface area contributed by atoms with Gasteiger partial charge in [-0.15, -0.1) is 0 Å². The molecule has 1 unspecified atom stereocenters. The molecule has 0 bridgehead atoms. The van der Waals surface area contributed by atoms with Gasteiger partial charge in [0.05, 0.1) is 17.2 Å². The number of ether oxygens (including phenoxy) is 1. The normalized spacial score (nSPS) is 11.9. The number of carbonyl (C=O) groups excluding carboxylic acids is 1. The molecule has 3 aromatic carbocycles. The molecule has 0 saturated carbocycles. The van der Waals surface area contributed by atoms with Crippen LogP contribution >= 0.6 is 10.5 Å². The molecule has 0 aliphatic carbocycles. The molecular formula is C26H22NO2S+. The first-order chi connectivity index (χ1) is 14.4. The van der Waals surface area contributed by atoms with Crippen LogP contribution in [-0.4, -0.2) is 5.97 Å². The molecule has 4 rings (SSSR count). The van der Waals surface area contributed by atoms with Crippen molar-refractivity contribution in [2.24, 2.45) is 0 Å². The molecule has 0 N–H and O–H groups in total. The second kappa shape index (κ2) is 7.78. The van der Waals surface area contributed by atoms with Crippen molar-refractivity contribution in [1.29, 1.82) is 5.26 Å². The van der Waals surface area contributed by atoms with Crippen LogP contribution in [0.15, 0.2) is 78.9 Å². The smallest absolute Gasteiger partial charge is 0.339 e. The maximum atomic E-state index is 13.0. The Morgan fingerprint density at radius 2 is 1.70 bits per heavy atom. The van der Waals surface area contributed by atoms with Gasteiger partial charge in [0.25, 0.3) is 0 Å². The van der Waals surface area contributed by atoms with Gasteiger partial charge in [-0.1, -0.05) is 30.3 Å². The molecule has 148 valence electrons. The second-order valence-corrected chi connectivity index (χ2v) is 9.88. The number of carbonyl (C=O) groups is 1. The molecule has 1 aromatic heterocycles. The number of rotatable bonds is 4. The first-order valence-corrected chi connectivity index (χ1v) is 11.0. The van der Waals surface area contributed by atoms with E-state index in [1.54, 1.807) is 18.2 Å². The van der Waals surface area contributed by atoms with E-state index in [1.807, 2.05) is 38.1 Å². The number of fused-ring (bicyclic) bond motifs is 1. The number of esters is 1. The van der Waals surface area contributed by atoms with Gasteiger partial charge >= 0.3 is 5.97 Å². The summed E-state index contributed by atoms with van der Waals surface area (Å²) in [5.41, 5.74) is 1.16. The summed E-state index contributed by atoms with van der Waals surface area (Å²) < 4.78 is 7.15. The molecule has 30 heavy (non-hydrogen) atoms. The Balaban J connectivity index is 1.64. The van der Waals surface area contributed by atoms with Gasteiger partial charge in [-0.05, 0) is 55.8 Å². The number of benzene rings is 3. The Hall–Kier alpha value is -3.42. The van der Waals surface area contributed by atoms with E-state index in [0.717, 1.165) is 10.5 Å². The number of hydrogen-bond acceptors (Lipinski definition) is 3. The molecule has 0 fully saturated rings. The van der Waals surface area contributed by atoms with Crippen molar-refractivity contribution in [3.63, 3.8) is 0 Å². The average Bonchev–Trinajstić information content (AvgIpc) is 3.09. The van der Waals surface area contributed by atoms with Crippen molar-refractivity contribution in [3.8, 4) is 11.0 Å². The third-order valence-electron chi connectivity index (χ3n) is 5.18. The van der Waals surface area contributed by atoms with Crippen LogP contribution in [0.3, 0.4) is 0 Å². The maximum Gasteiger partial charge on any atom is 0.339 e. The summed E-state index contributed by atoms with van der Waals surface area (Å²) in [6.07, 6.45) is 0. The van der Waals surface area contributed by atoms with Gasteiger partial charge in [0.2, 0.25) is 0 Å². The second-order valence-electron chi connectivity index (χ2n) is 7.72. The van der Waals surface area contributed by atoms with E-state index in [2.05, 4.69) is 49.4 Å². The number of thiophene rings is 1. The van der Waals surface area contributed by atoms with Crippen LogP contribution < -0.4 is 0 Å². The van der Waals surface area contributed by atoms with Gasteiger partial charge in [-0.2, -0.15) is 5.26 Å². The minimum absolute atomic E-state index is 0.177. The predicted molar refractivity (Wildman–Crippen MR) is 122 cm³/mol. The molecule has 0 amide bonds. The topological polar surface area (TPSA) is 50.1 Å². The molecule has 1 atom stereocenters. The highest BCUT2D eigenvalue weighted by molar-refractivity contribution is 7.45. The summed E-state index contributed by atoms with van der Waals surface area (Å²) in [5.74, 6) is -0.357. The van der Waals surface area contributed by atoms with Crippen molar-refractivity contribution in [2.75, 3.05) is 0 Å². The summed E-state index contributed by atoms with van der Waals surface area (Å²) >= 11 is 0. The molecule has 4 heteroatoms. The van der Waals surface area contributed by atoms with Gasteiger partial charge in [0.1, 0.15) is 5.60 Å². The fourth-order valence-corrected chi connectivity index (χ4v) is 5.85. The van der Waals surface area contributed by atoms with E-state index in [-0.39, 0.29) is 16.4 Å². The quantitative estimate of drug-likeness (QED) is 0.272. The minimum Gasteiger partial charge on any atom is -0.451 e. The first-order valence-electron chi connectivity index (χ1n) is 9.75. The van der Waals surface area contributed by atoms with Gasteiger partial charge in [-0.25, -0.2) is 4.79 Å². The molecule has 1 heterocycles. The van der Waals surface area contributed by atoms with Crippen molar-refractivity contribution in [3.05, 3.63) is 100 Å². The monoisotopic (exact) mass is 412 g/mol. The lowest BCUT2D eigenvalue weighted by Crippen LogP contribution is -2.25. The van der Waals surface area contributed by atoms with Crippen LogP contribution in [0.4, 0.5) is 0 Å². The lowest BCUT2D eigenvalue weighted by molar-refractivity contribution is -0.00312. The number of aryl methyl sites for hydroxylation is 1. The number of nitrogens with zero attached hydrogens (tertiary/aromatic N) is 1. The van der Waals surface area contributed by atoms with E-state index in [1.165, 1.54) is 15.0 Å². The van der Waals surface area contributed by atoms with Crippen LogP contribution in [0.2, 0.25) is 0 Å².